The largest absolute Gasteiger partial charge is 0.392 e. The van der Waals surface area contributed by atoms with E-state index in [2.05, 4.69) is 4.98 Å². The van der Waals surface area contributed by atoms with Gasteiger partial charge in [-0.25, -0.2) is 8.78 Å². The molecule has 1 N–H and O–H groups in total. The molecule has 0 bridgehead atoms. The predicted octanol–water partition coefficient (Wildman–Crippen LogP) is 3.17. The van der Waals surface area contributed by atoms with Crippen molar-refractivity contribution in [1.29, 1.82) is 0 Å². The smallest absolute Gasteiger partial charge is 0.168 e. The third-order valence-electron chi connectivity index (χ3n) is 2.33. The van der Waals surface area contributed by atoms with Crippen LogP contribution >= 0.6 is 11.6 Å². The molecule has 0 aliphatic heterocycles. The molecule has 0 aliphatic carbocycles. The molecule has 88 valence electrons. The number of aliphatic hydroxyl groups is 1. The van der Waals surface area contributed by atoms with E-state index in [-0.39, 0.29) is 22.9 Å². The zero-order chi connectivity index (χ0) is 12.4. The van der Waals surface area contributed by atoms with Gasteiger partial charge in [0.25, 0.3) is 0 Å². The first-order chi connectivity index (χ1) is 8.13. The minimum Gasteiger partial charge on any atom is -0.392 e. The van der Waals surface area contributed by atoms with E-state index < -0.39 is 11.6 Å². The third kappa shape index (κ3) is 2.28. The number of halogens is 3. The molecule has 0 saturated heterocycles. The Hall–Kier alpha value is -1.52. The third-order valence-corrected chi connectivity index (χ3v) is 2.67. The first-order valence-corrected chi connectivity index (χ1v) is 5.21. The van der Waals surface area contributed by atoms with Crippen LogP contribution in [0.5, 0.6) is 0 Å². The van der Waals surface area contributed by atoms with E-state index in [1.165, 1.54) is 24.4 Å². The fraction of sp³-hybridized carbons (Fsp3) is 0.0833. The summed E-state index contributed by atoms with van der Waals surface area (Å²) in [5.41, 5.74) is 0.687. The van der Waals surface area contributed by atoms with Gasteiger partial charge in [-0.05, 0) is 23.8 Å². The van der Waals surface area contributed by atoms with Crippen molar-refractivity contribution in [3.63, 3.8) is 0 Å². The summed E-state index contributed by atoms with van der Waals surface area (Å²) in [7, 11) is 0. The Morgan fingerprint density at radius 3 is 2.76 bits per heavy atom. The van der Waals surface area contributed by atoms with Crippen molar-refractivity contribution in [2.45, 2.75) is 6.61 Å². The monoisotopic (exact) mass is 255 g/mol. The fourth-order valence-corrected chi connectivity index (χ4v) is 1.61. The molecule has 1 aromatic carbocycles. The molecule has 0 fully saturated rings. The molecule has 2 aromatic rings. The molecule has 0 aliphatic rings. The summed E-state index contributed by atoms with van der Waals surface area (Å²) in [4.78, 5) is 3.91. The molecular weight excluding hydrogens is 248 g/mol. The van der Waals surface area contributed by atoms with Crippen molar-refractivity contribution < 1.29 is 13.9 Å². The Balaban J connectivity index is 2.57. The lowest BCUT2D eigenvalue weighted by molar-refractivity contribution is 0.282. The van der Waals surface area contributed by atoms with Gasteiger partial charge in [0, 0.05) is 11.8 Å². The molecule has 0 saturated carbocycles. The van der Waals surface area contributed by atoms with Gasteiger partial charge in [0.1, 0.15) is 0 Å². The van der Waals surface area contributed by atoms with Crippen LogP contribution in [0.25, 0.3) is 11.3 Å². The lowest BCUT2D eigenvalue weighted by atomic mass is 10.1. The average molecular weight is 256 g/mol. The Kier molecular flexibility index (Phi) is 3.36. The second kappa shape index (κ2) is 4.77. The van der Waals surface area contributed by atoms with E-state index in [1.54, 1.807) is 0 Å². The zero-order valence-electron chi connectivity index (χ0n) is 8.62. The number of aliphatic hydroxyl groups excluding tert-OH is 1. The van der Waals surface area contributed by atoms with Crippen LogP contribution in [-0.4, -0.2) is 10.1 Å². The van der Waals surface area contributed by atoms with E-state index in [0.29, 0.717) is 5.56 Å². The molecule has 1 aromatic heterocycles. The van der Waals surface area contributed by atoms with E-state index in [9.17, 15) is 8.78 Å². The quantitative estimate of drug-likeness (QED) is 0.894. The second-order valence-electron chi connectivity index (χ2n) is 3.42. The SMILES string of the molecule is OCc1cc(-c2cccc(F)c2F)ncc1Cl. The Morgan fingerprint density at radius 1 is 1.29 bits per heavy atom. The number of pyridine rings is 1. The van der Waals surface area contributed by atoms with Crippen molar-refractivity contribution in [2.24, 2.45) is 0 Å². The van der Waals surface area contributed by atoms with Crippen molar-refractivity contribution in [3.8, 4) is 11.3 Å². The van der Waals surface area contributed by atoms with Gasteiger partial charge in [0.05, 0.1) is 17.3 Å². The van der Waals surface area contributed by atoms with Gasteiger partial charge < -0.3 is 5.11 Å². The van der Waals surface area contributed by atoms with Crippen LogP contribution < -0.4 is 0 Å². The van der Waals surface area contributed by atoms with Crippen LogP contribution in [-0.2, 0) is 6.61 Å². The summed E-state index contributed by atoms with van der Waals surface area (Å²) < 4.78 is 26.6. The molecule has 0 unspecified atom stereocenters. The van der Waals surface area contributed by atoms with Gasteiger partial charge in [0.15, 0.2) is 11.6 Å². The molecule has 0 atom stereocenters. The first-order valence-electron chi connectivity index (χ1n) is 4.83. The predicted molar refractivity (Wildman–Crippen MR) is 60.5 cm³/mol. The first kappa shape index (κ1) is 12.0. The number of hydrogen-bond acceptors (Lipinski definition) is 2. The van der Waals surface area contributed by atoms with Crippen molar-refractivity contribution in [1.82, 2.24) is 4.98 Å². The molecule has 0 spiro atoms. The van der Waals surface area contributed by atoms with Crippen molar-refractivity contribution in [3.05, 3.63) is 52.7 Å². The Bertz CT molecular complexity index is 560. The lowest BCUT2D eigenvalue weighted by Crippen LogP contribution is -1.94. The van der Waals surface area contributed by atoms with E-state index in [1.807, 2.05) is 0 Å². The number of nitrogens with zero attached hydrogens (tertiary/aromatic N) is 1. The molecule has 1 heterocycles. The van der Waals surface area contributed by atoms with Crippen LogP contribution in [0.1, 0.15) is 5.56 Å². The van der Waals surface area contributed by atoms with Gasteiger partial charge >= 0.3 is 0 Å². The Labute approximate surface area is 102 Å². The Morgan fingerprint density at radius 2 is 2.06 bits per heavy atom. The minimum absolute atomic E-state index is 0.0383. The highest BCUT2D eigenvalue weighted by Gasteiger charge is 2.12. The number of hydrogen-bond donors (Lipinski definition) is 1. The molecule has 0 radical (unpaired) electrons. The van der Waals surface area contributed by atoms with Crippen LogP contribution in [0.15, 0.2) is 30.5 Å². The van der Waals surface area contributed by atoms with Gasteiger partial charge in [-0.1, -0.05) is 17.7 Å². The molecule has 2 nitrogen and oxygen atoms in total. The van der Waals surface area contributed by atoms with Gasteiger partial charge in [0.2, 0.25) is 0 Å². The summed E-state index contributed by atoms with van der Waals surface area (Å²) in [6.07, 6.45) is 1.30. The van der Waals surface area contributed by atoms with Crippen molar-refractivity contribution in [2.75, 3.05) is 0 Å². The summed E-state index contributed by atoms with van der Waals surface area (Å²) >= 11 is 5.76. The topological polar surface area (TPSA) is 33.1 Å². The number of benzene rings is 1. The standard InChI is InChI=1S/C12H8ClF2NO/c13-9-5-16-11(4-7(9)6-17)8-2-1-3-10(14)12(8)15/h1-5,17H,6H2. The van der Waals surface area contributed by atoms with Crippen LogP contribution in [0.2, 0.25) is 5.02 Å². The summed E-state index contributed by atoms with van der Waals surface area (Å²) in [5.74, 6) is -1.91. The normalized spacial score (nSPS) is 10.6. The van der Waals surface area contributed by atoms with Crippen LogP contribution in [0, 0.1) is 11.6 Å². The highest BCUT2D eigenvalue weighted by Crippen LogP contribution is 2.25. The molecular formula is C12H8ClF2NO. The number of aromatic nitrogens is 1. The average Bonchev–Trinajstić information content (AvgIpc) is 2.34. The summed E-state index contributed by atoms with van der Waals surface area (Å²) in [6.45, 7) is -0.286. The zero-order valence-corrected chi connectivity index (χ0v) is 9.38. The molecule has 2 rings (SSSR count). The minimum atomic E-state index is -0.966. The van der Waals surface area contributed by atoms with Gasteiger partial charge in [-0.15, -0.1) is 0 Å². The molecule has 5 heteroatoms. The molecule has 0 amide bonds. The maximum absolute atomic E-state index is 13.5. The maximum atomic E-state index is 13.5. The highest BCUT2D eigenvalue weighted by molar-refractivity contribution is 6.31. The lowest BCUT2D eigenvalue weighted by Gasteiger charge is -2.06. The van der Waals surface area contributed by atoms with Crippen LogP contribution in [0.3, 0.4) is 0 Å². The van der Waals surface area contributed by atoms with E-state index >= 15 is 0 Å². The van der Waals surface area contributed by atoms with Crippen LogP contribution in [0.4, 0.5) is 8.78 Å². The molecule has 17 heavy (non-hydrogen) atoms. The van der Waals surface area contributed by atoms with Crippen molar-refractivity contribution >= 4 is 11.6 Å². The second-order valence-corrected chi connectivity index (χ2v) is 3.83. The van der Waals surface area contributed by atoms with E-state index in [4.69, 9.17) is 16.7 Å². The summed E-state index contributed by atoms with van der Waals surface area (Å²) in [5, 5.41) is 9.32. The fourth-order valence-electron chi connectivity index (χ4n) is 1.45. The van der Waals surface area contributed by atoms with Gasteiger partial charge in [-0.3, -0.25) is 4.98 Å². The maximum Gasteiger partial charge on any atom is 0.168 e. The highest BCUT2D eigenvalue weighted by atomic mass is 35.5. The van der Waals surface area contributed by atoms with E-state index in [0.717, 1.165) is 6.07 Å². The van der Waals surface area contributed by atoms with Gasteiger partial charge in [-0.2, -0.15) is 0 Å². The summed E-state index contributed by atoms with van der Waals surface area (Å²) in [6, 6.07) is 5.26. The number of rotatable bonds is 2.